The van der Waals surface area contributed by atoms with Crippen molar-refractivity contribution in [2.45, 2.75) is 49.4 Å². The van der Waals surface area contributed by atoms with Gasteiger partial charge in [0.1, 0.15) is 0 Å². The van der Waals surface area contributed by atoms with Gasteiger partial charge in [0.15, 0.2) is 0 Å². The van der Waals surface area contributed by atoms with Crippen LogP contribution in [-0.2, 0) is 11.3 Å². The molecule has 1 aromatic carbocycles. The Hall–Kier alpha value is -0.220. The average molecular weight is 300 g/mol. The third-order valence-electron chi connectivity index (χ3n) is 3.19. The van der Waals surface area contributed by atoms with E-state index in [2.05, 4.69) is 31.3 Å². The number of hydrogen-bond donors (Lipinski definition) is 1. The molecule has 1 aliphatic rings. The highest BCUT2D eigenvalue weighted by atomic mass is 35.5. The first-order valence-corrected chi connectivity index (χ1v) is 8.17. The lowest BCUT2D eigenvalue weighted by Gasteiger charge is -2.23. The quantitative estimate of drug-likeness (QED) is 0.884. The van der Waals surface area contributed by atoms with Crippen molar-refractivity contribution in [3.05, 3.63) is 28.8 Å². The van der Waals surface area contributed by atoms with E-state index in [9.17, 15) is 0 Å². The van der Waals surface area contributed by atoms with Gasteiger partial charge >= 0.3 is 0 Å². The minimum atomic E-state index is 0.497. The Bertz CT molecular complexity index is 405. The Morgan fingerprint density at radius 2 is 2.11 bits per heavy atom. The van der Waals surface area contributed by atoms with E-state index < -0.39 is 0 Å². The fourth-order valence-electron chi connectivity index (χ4n) is 2.07. The zero-order chi connectivity index (χ0) is 13.7. The van der Waals surface area contributed by atoms with Crippen molar-refractivity contribution < 1.29 is 4.74 Å². The third-order valence-corrected chi connectivity index (χ3v) is 4.87. The Balaban J connectivity index is 2.05. The van der Waals surface area contributed by atoms with Crippen LogP contribution in [0.25, 0.3) is 0 Å². The summed E-state index contributed by atoms with van der Waals surface area (Å²) in [6.45, 7) is 7.01. The summed E-state index contributed by atoms with van der Waals surface area (Å²) in [5.74, 6) is 0. The van der Waals surface area contributed by atoms with Crippen LogP contribution < -0.4 is 5.32 Å². The van der Waals surface area contributed by atoms with Crippen molar-refractivity contribution in [1.82, 2.24) is 5.32 Å². The van der Waals surface area contributed by atoms with Gasteiger partial charge in [-0.3, -0.25) is 0 Å². The summed E-state index contributed by atoms with van der Waals surface area (Å²) >= 11 is 8.09. The molecule has 106 valence electrons. The minimum Gasteiger partial charge on any atom is -0.381 e. The molecule has 0 amide bonds. The summed E-state index contributed by atoms with van der Waals surface area (Å²) in [5.41, 5.74) is 1.34. The second-order valence-corrected chi connectivity index (χ2v) is 7.00. The van der Waals surface area contributed by atoms with Crippen LogP contribution in [-0.4, -0.2) is 24.5 Å². The van der Waals surface area contributed by atoms with Gasteiger partial charge in [0, 0.05) is 41.0 Å². The predicted molar refractivity (Wildman–Crippen MR) is 83.1 cm³/mol. The third kappa shape index (κ3) is 4.99. The van der Waals surface area contributed by atoms with Crippen molar-refractivity contribution in [3.63, 3.8) is 0 Å². The van der Waals surface area contributed by atoms with E-state index in [4.69, 9.17) is 16.3 Å². The molecule has 0 saturated carbocycles. The largest absolute Gasteiger partial charge is 0.381 e. The van der Waals surface area contributed by atoms with Gasteiger partial charge in [-0.05, 0) is 30.5 Å². The molecule has 1 fully saturated rings. The van der Waals surface area contributed by atoms with E-state index in [0.717, 1.165) is 37.6 Å². The summed E-state index contributed by atoms with van der Waals surface area (Å²) in [6, 6.07) is 6.71. The van der Waals surface area contributed by atoms with Crippen LogP contribution in [0.3, 0.4) is 0 Å². The van der Waals surface area contributed by atoms with E-state index in [-0.39, 0.29) is 0 Å². The number of benzene rings is 1. The van der Waals surface area contributed by atoms with Gasteiger partial charge in [-0.25, -0.2) is 0 Å². The molecule has 0 radical (unpaired) electrons. The van der Waals surface area contributed by atoms with Crippen molar-refractivity contribution in [1.29, 1.82) is 0 Å². The molecule has 0 atom stereocenters. The Kier molecular flexibility index (Phi) is 6.02. The zero-order valence-corrected chi connectivity index (χ0v) is 13.2. The van der Waals surface area contributed by atoms with Crippen molar-refractivity contribution >= 4 is 23.4 Å². The highest BCUT2D eigenvalue weighted by molar-refractivity contribution is 8.00. The molecule has 0 spiro atoms. The van der Waals surface area contributed by atoms with E-state index in [1.54, 1.807) is 0 Å². The molecule has 0 aliphatic carbocycles. The molecule has 2 nitrogen and oxygen atoms in total. The van der Waals surface area contributed by atoms with Gasteiger partial charge in [0.2, 0.25) is 0 Å². The molecule has 0 aromatic heterocycles. The molecule has 2 rings (SSSR count). The smallest absolute Gasteiger partial charge is 0.0476 e. The van der Waals surface area contributed by atoms with Crippen molar-refractivity contribution in [3.8, 4) is 0 Å². The number of nitrogens with one attached hydrogen (secondary N) is 1. The maximum Gasteiger partial charge on any atom is 0.0476 e. The Morgan fingerprint density at radius 3 is 2.79 bits per heavy atom. The SMILES string of the molecule is CC(C)NCc1ccc(Cl)cc1SC1CCOCC1. The highest BCUT2D eigenvalue weighted by Crippen LogP contribution is 2.33. The molecular weight excluding hydrogens is 278 g/mol. The first-order valence-electron chi connectivity index (χ1n) is 6.91. The topological polar surface area (TPSA) is 21.3 Å². The molecule has 0 unspecified atom stereocenters. The van der Waals surface area contributed by atoms with E-state index in [0.29, 0.717) is 11.3 Å². The number of ether oxygens (including phenoxy) is 1. The summed E-state index contributed by atoms with van der Waals surface area (Å²) in [4.78, 5) is 1.31. The second kappa shape index (κ2) is 7.53. The molecule has 1 heterocycles. The summed E-state index contributed by atoms with van der Waals surface area (Å²) in [5, 5.41) is 4.96. The lowest BCUT2D eigenvalue weighted by atomic mass is 10.2. The van der Waals surface area contributed by atoms with Gasteiger partial charge in [-0.1, -0.05) is 31.5 Å². The molecule has 0 bridgehead atoms. The van der Waals surface area contributed by atoms with E-state index in [1.807, 2.05) is 17.8 Å². The van der Waals surface area contributed by atoms with Gasteiger partial charge in [0.05, 0.1) is 0 Å². The van der Waals surface area contributed by atoms with Crippen LogP contribution in [0, 0.1) is 0 Å². The van der Waals surface area contributed by atoms with Crippen LogP contribution in [0.5, 0.6) is 0 Å². The van der Waals surface area contributed by atoms with Crippen LogP contribution in [0.1, 0.15) is 32.3 Å². The van der Waals surface area contributed by atoms with Crippen LogP contribution in [0.2, 0.25) is 5.02 Å². The van der Waals surface area contributed by atoms with Gasteiger partial charge < -0.3 is 10.1 Å². The molecule has 1 aliphatic heterocycles. The molecule has 1 saturated heterocycles. The van der Waals surface area contributed by atoms with E-state index >= 15 is 0 Å². The number of rotatable bonds is 5. The fraction of sp³-hybridized carbons (Fsp3) is 0.600. The molecular formula is C15H22ClNOS. The van der Waals surface area contributed by atoms with Crippen LogP contribution in [0.15, 0.2) is 23.1 Å². The summed E-state index contributed by atoms with van der Waals surface area (Å²) in [6.07, 6.45) is 2.27. The average Bonchev–Trinajstić information content (AvgIpc) is 2.39. The van der Waals surface area contributed by atoms with E-state index in [1.165, 1.54) is 10.5 Å². The monoisotopic (exact) mass is 299 g/mol. The fourth-order valence-corrected chi connectivity index (χ4v) is 3.58. The summed E-state index contributed by atoms with van der Waals surface area (Å²) < 4.78 is 5.42. The predicted octanol–water partition coefficient (Wildman–Crippen LogP) is 4.11. The second-order valence-electron chi connectivity index (χ2n) is 5.22. The van der Waals surface area contributed by atoms with Crippen molar-refractivity contribution in [2.75, 3.05) is 13.2 Å². The van der Waals surface area contributed by atoms with Crippen molar-refractivity contribution in [2.24, 2.45) is 0 Å². The maximum atomic E-state index is 6.14. The number of halogens is 1. The lowest BCUT2D eigenvalue weighted by Crippen LogP contribution is -2.22. The first-order chi connectivity index (χ1) is 9.15. The van der Waals surface area contributed by atoms with Crippen LogP contribution in [0.4, 0.5) is 0 Å². The van der Waals surface area contributed by atoms with Gasteiger partial charge in [0.25, 0.3) is 0 Å². The Morgan fingerprint density at radius 1 is 1.37 bits per heavy atom. The molecule has 1 aromatic rings. The van der Waals surface area contributed by atoms with Gasteiger partial charge in [-0.2, -0.15) is 0 Å². The Labute approximate surface area is 125 Å². The highest BCUT2D eigenvalue weighted by Gasteiger charge is 2.17. The molecule has 19 heavy (non-hydrogen) atoms. The van der Waals surface area contributed by atoms with Crippen LogP contribution >= 0.6 is 23.4 Å². The van der Waals surface area contributed by atoms with Gasteiger partial charge in [-0.15, -0.1) is 11.8 Å². The lowest BCUT2D eigenvalue weighted by molar-refractivity contribution is 0.1000. The number of hydrogen-bond acceptors (Lipinski definition) is 3. The summed E-state index contributed by atoms with van der Waals surface area (Å²) in [7, 11) is 0. The first kappa shape index (κ1) is 15.2. The number of thioether (sulfide) groups is 1. The minimum absolute atomic E-state index is 0.497. The maximum absolute atomic E-state index is 6.14. The molecule has 4 heteroatoms. The normalized spacial score (nSPS) is 17.1. The standard InChI is InChI=1S/C15H22ClNOS/c1-11(2)17-10-12-3-4-13(16)9-15(12)19-14-5-7-18-8-6-14/h3-4,9,11,14,17H,5-8,10H2,1-2H3. The zero-order valence-electron chi connectivity index (χ0n) is 11.6. The molecule has 1 N–H and O–H groups in total.